The number of nitrogens with one attached hydrogen (secondary N) is 1. The molecular weight excluding hydrogens is 230 g/mol. The van der Waals surface area contributed by atoms with Gasteiger partial charge in [0.15, 0.2) is 0 Å². The predicted octanol–water partition coefficient (Wildman–Crippen LogP) is 4.38. The molecule has 1 aromatic carbocycles. The average Bonchev–Trinajstić information content (AvgIpc) is 2.38. The Morgan fingerprint density at radius 1 is 1.21 bits per heavy atom. The molecule has 0 aliphatic heterocycles. The van der Waals surface area contributed by atoms with Crippen LogP contribution in [-0.2, 0) is 6.42 Å². The minimum Gasteiger partial charge on any atom is -0.314 e. The van der Waals surface area contributed by atoms with Crippen molar-refractivity contribution < 1.29 is 0 Å². The Morgan fingerprint density at radius 2 is 1.89 bits per heavy atom. The third-order valence-electron chi connectivity index (χ3n) is 4.49. The van der Waals surface area contributed by atoms with Crippen LogP contribution >= 0.6 is 0 Å². The molecule has 106 valence electrons. The SMILES string of the molecule is CCCNC1CC(c2ccc(CC(C)C)cc2)C1C. The number of hydrogen-bond donors (Lipinski definition) is 1. The Morgan fingerprint density at radius 3 is 2.42 bits per heavy atom. The molecule has 0 aromatic heterocycles. The second-order valence-electron chi connectivity index (χ2n) is 6.60. The first kappa shape index (κ1) is 14.6. The largest absolute Gasteiger partial charge is 0.314 e. The van der Waals surface area contributed by atoms with E-state index in [9.17, 15) is 0 Å². The molecule has 0 heterocycles. The minimum atomic E-state index is 0.736. The monoisotopic (exact) mass is 259 g/mol. The summed E-state index contributed by atoms with van der Waals surface area (Å²) in [5.41, 5.74) is 3.01. The zero-order valence-corrected chi connectivity index (χ0v) is 12.9. The maximum Gasteiger partial charge on any atom is 0.0104 e. The maximum atomic E-state index is 3.66. The van der Waals surface area contributed by atoms with Gasteiger partial charge in [0.05, 0.1) is 0 Å². The van der Waals surface area contributed by atoms with Crippen molar-refractivity contribution in [2.45, 2.75) is 58.9 Å². The highest BCUT2D eigenvalue weighted by atomic mass is 14.9. The molecule has 1 aliphatic carbocycles. The van der Waals surface area contributed by atoms with Gasteiger partial charge in [0.1, 0.15) is 0 Å². The molecule has 0 radical (unpaired) electrons. The molecule has 1 aliphatic rings. The van der Waals surface area contributed by atoms with Crippen LogP contribution in [0.15, 0.2) is 24.3 Å². The van der Waals surface area contributed by atoms with Crippen molar-refractivity contribution in [3.05, 3.63) is 35.4 Å². The van der Waals surface area contributed by atoms with Gasteiger partial charge >= 0.3 is 0 Å². The first-order valence-corrected chi connectivity index (χ1v) is 7.94. The highest BCUT2D eigenvalue weighted by Gasteiger charge is 2.37. The lowest BCUT2D eigenvalue weighted by atomic mass is 9.67. The van der Waals surface area contributed by atoms with Crippen molar-refractivity contribution >= 4 is 0 Å². The van der Waals surface area contributed by atoms with E-state index in [1.807, 2.05) is 0 Å². The zero-order valence-electron chi connectivity index (χ0n) is 12.9. The molecule has 0 spiro atoms. The van der Waals surface area contributed by atoms with Gasteiger partial charge in [-0.15, -0.1) is 0 Å². The van der Waals surface area contributed by atoms with Crippen LogP contribution in [0.4, 0.5) is 0 Å². The molecule has 0 saturated heterocycles. The topological polar surface area (TPSA) is 12.0 Å². The molecule has 1 fully saturated rings. The fourth-order valence-electron chi connectivity index (χ4n) is 3.20. The van der Waals surface area contributed by atoms with Crippen LogP contribution in [0.1, 0.15) is 57.6 Å². The van der Waals surface area contributed by atoms with E-state index >= 15 is 0 Å². The Hall–Kier alpha value is -0.820. The quantitative estimate of drug-likeness (QED) is 0.799. The molecule has 0 amide bonds. The molecule has 3 atom stereocenters. The molecule has 1 nitrogen and oxygen atoms in total. The molecule has 1 N–H and O–H groups in total. The molecule has 2 rings (SSSR count). The third-order valence-corrected chi connectivity index (χ3v) is 4.49. The first-order chi connectivity index (χ1) is 9.11. The van der Waals surface area contributed by atoms with E-state index in [1.54, 1.807) is 0 Å². The summed E-state index contributed by atoms with van der Waals surface area (Å²) in [5, 5.41) is 3.66. The zero-order chi connectivity index (χ0) is 13.8. The number of benzene rings is 1. The molecule has 1 aromatic rings. The van der Waals surface area contributed by atoms with Crippen molar-refractivity contribution in [2.24, 2.45) is 11.8 Å². The van der Waals surface area contributed by atoms with Gasteiger partial charge in [0, 0.05) is 6.04 Å². The highest BCUT2D eigenvalue weighted by molar-refractivity contribution is 5.28. The number of hydrogen-bond acceptors (Lipinski definition) is 1. The van der Waals surface area contributed by atoms with Gasteiger partial charge in [0.25, 0.3) is 0 Å². The highest BCUT2D eigenvalue weighted by Crippen LogP contribution is 2.42. The summed E-state index contributed by atoms with van der Waals surface area (Å²) in [6.45, 7) is 10.4. The van der Waals surface area contributed by atoms with Gasteiger partial charge in [-0.3, -0.25) is 0 Å². The average molecular weight is 259 g/mol. The number of rotatable bonds is 6. The van der Waals surface area contributed by atoms with E-state index < -0.39 is 0 Å². The van der Waals surface area contributed by atoms with E-state index in [0.29, 0.717) is 0 Å². The normalized spacial score (nSPS) is 26.5. The van der Waals surface area contributed by atoms with Crippen LogP contribution in [0.5, 0.6) is 0 Å². The Bertz CT molecular complexity index is 379. The predicted molar refractivity (Wildman–Crippen MR) is 83.6 cm³/mol. The smallest absolute Gasteiger partial charge is 0.0104 e. The van der Waals surface area contributed by atoms with Gasteiger partial charge in [0.2, 0.25) is 0 Å². The van der Waals surface area contributed by atoms with Crippen molar-refractivity contribution in [1.29, 1.82) is 0 Å². The van der Waals surface area contributed by atoms with E-state index in [0.717, 1.165) is 30.3 Å². The summed E-state index contributed by atoms with van der Waals surface area (Å²) in [6.07, 6.45) is 3.74. The summed E-state index contributed by atoms with van der Waals surface area (Å²) in [5.74, 6) is 2.29. The molecule has 0 bridgehead atoms. The lowest BCUT2D eigenvalue weighted by Gasteiger charge is -2.44. The van der Waals surface area contributed by atoms with Crippen LogP contribution in [-0.4, -0.2) is 12.6 Å². The first-order valence-electron chi connectivity index (χ1n) is 7.94. The molecule has 3 unspecified atom stereocenters. The summed E-state index contributed by atoms with van der Waals surface area (Å²) < 4.78 is 0. The van der Waals surface area contributed by atoms with Crippen molar-refractivity contribution in [2.75, 3.05) is 6.54 Å². The third kappa shape index (κ3) is 3.60. The van der Waals surface area contributed by atoms with Gasteiger partial charge in [-0.1, -0.05) is 52.0 Å². The Kier molecular flexibility index (Phi) is 5.04. The summed E-state index contributed by atoms with van der Waals surface area (Å²) in [6, 6.07) is 10.1. The van der Waals surface area contributed by atoms with Gasteiger partial charge in [-0.25, -0.2) is 0 Å². The van der Waals surface area contributed by atoms with Crippen LogP contribution < -0.4 is 5.32 Å². The Balaban J connectivity index is 1.90. The summed E-state index contributed by atoms with van der Waals surface area (Å²) >= 11 is 0. The lowest BCUT2D eigenvalue weighted by molar-refractivity contribution is 0.185. The maximum absolute atomic E-state index is 3.66. The summed E-state index contributed by atoms with van der Waals surface area (Å²) in [4.78, 5) is 0. The van der Waals surface area contributed by atoms with E-state index in [-0.39, 0.29) is 0 Å². The van der Waals surface area contributed by atoms with Crippen LogP contribution in [0.3, 0.4) is 0 Å². The fraction of sp³-hybridized carbons (Fsp3) is 0.667. The second kappa shape index (κ2) is 6.56. The van der Waals surface area contributed by atoms with Crippen LogP contribution in [0.25, 0.3) is 0 Å². The summed E-state index contributed by atoms with van der Waals surface area (Å²) in [7, 11) is 0. The van der Waals surface area contributed by atoms with E-state index in [1.165, 1.54) is 30.4 Å². The molecule has 19 heavy (non-hydrogen) atoms. The van der Waals surface area contributed by atoms with Gasteiger partial charge in [-0.05, 0) is 54.7 Å². The molecular formula is C18H29N. The lowest BCUT2D eigenvalue weighted by Crippen LogP contribution is -2.48. The van der Waals surface area contributed by atoms with Crippen molar-refractivity contribution in [1.82, 2.24) is 5.32 Å². The van der Waals surface area contributed by atoms with Crippen LogP contribution in [0, 0.1) is 11.8 Å². The van der Waals surface area contributed by atoms with Crippen molar-refractivity contribution in [3.8, 4) is 0 Å². The molecule has 1 heteroatoms. The van der Waals surface area contributed by atoms with Gasteiger partial charge < -0.3 is 5.32 Å². The standard InChI is InChI=1S/C18H29N/c1-5-10-19-18-12-17(14(18)4)16-8-6-15(7-9-16)11-13(2)3/h6-9,13-14,17-19H,5,10-12H2,1-4H3. The molecule has 1 saturated carbocycles. The Labute approximate surface area is 118 Å². The second-order valence-corrected chi connectivity index (χ2v) is 6.60. The minimum absolute atomic E-state index is 0.736. The van der Waals surface area contributed by atoms with Crippen molar-refractivity contribution in [3.63, 3.8) is 0 Å². The van der Waals surface area contributed by atoms with Gasteiger partial charge in [-0.2, -0.15) is 0 Å². The van der Waals surface area contributed by atoms with Crippen LogP contribution in [0.2, 0.25) is 0 Å². The van der Waals surface area contributed by atoms with E-state index in [4.69, 9.17) is 0 Å². The van der Waals surface area contributed by atoms with E-state index in [2.05, 4.69) is 57.3 Å². The fourth-order valence-corrected chi connectivity index (χ4v) is 3.20.